The van der Waals surface area contributed by atoms with E-state index in [2.05, 4.69) is 31.8 Å². The Labute approximate surface area is 188 Å². The van der Waals surface area contributed by atoms with Gasteiger partial charge in [-0.1, -0.05) is 23.7 Å². The second-order valence-electron chi connectivity index (χ2n) is 6.02. The first-order valence-corrected chi connectivity index (χ1v) is 10.6. The fourth-order valence-corrected chi connectivity index (χ4v) is 3.20. The van der Waals surface area contributed by atoms with Crippen LogP contribution in [-0.4, -0.2) is 31.2 Å². The van der Waals surface area contributed by atoms with Gasteiger partial charge in [0.15, 0.2) is 11.5 Å². The molecule has 0 atom stereocenters. The van der Waals surface area contributed by atoms with Crippen molar-refractivity contribution >= 4 is 51.2 Å². The Morgan fingerprint density at radius 1 is 1.10 bits per heavy atom. The number of hydrazone groups is 1. The van der Waals surface area contributed by atoms with E-state index in [0.29, 0.717) is 41.0 Å². The minimum atomic E-state index is -0.379. The summed E-state index contributed by atoms with van der Waals surface area (Å²) in [5.74, 6) is 0.512. The zero-order valence-electron chi connectivity index (χ0n) is 16.7. The van der Waals surface area contributed by atoms with E-state index in [1.54, 1.807) is 36.4 Å². The molecule has 0 aliphatic rings. The van der Waals surface area contributed by atoms with E-state index in [1.165, 1.54) is 6.21 Å². The predicted molar refractivity (Wildman–Crippen MR) is 122 cm³/mol. The average molecular weight is 497 g/mol. The van der Waals surface area contributed by atoms with Crippen LogP contribution in [0.3, 0.4) is 0 Å². The molecule has 2 aromatic rings. The molecule has 2 rings (SSSR count). The van der Waals surface area contributed by atoms with E-state index < -0.39 is 0 Å². The molecular formula is C21H23BrClN3O4. The summed E-state index contributed by atoms with van der Waals surface area (Å²) in [5, 5.41) is 7.05. The first-order valence-electron chi connectivity index (χ1n) is 9.40. The van der Waals surface area contributed by atoms with Gasteiger partial charge in [-0.25, -0.2) is 5.43 Å². The van der Waals surface area contributed by atoms with Crippen LogP contribution in [0.5, 0.6) is 11.5 Å². The molecule has 9 heteroatoms. The Kier molecular flexibility index (Phi) is 9.63. The molecule has 0 aliphatic heterocycles. The van der Waals surface area contributed by atoms with Crippen molar-refractivity contribution in [3.63, 3.8) is 0 Å². The van der Waals surface area contributed by atoms with Gasteiger partial charge in [-0.2, -0.15) is 5.10 Å². The number of para-hydroxylation sites is 1. The molecule has 0 saturated heterocycles. The SMILES string of the molecule is CCOc1cc(C=NNC(=O)CCC(=O)Nc2ccccc2Cl)cc(Br)c1OCC. The van der Waals surface area contributed by atoms with Crippen LogP contribution in [0.25, 0.3) is 0 Å². The van der Waals surface area contributed by atoms with Gasteiger partial charge in [0, 0.05) is 12.8 Å². The molecular weight excluding hydrogens is 474 g/mol. The molecule has 0 spiro atoms. The first kappa shape index (κ1) is 23.7. The molecule has 2 N–H and O–H groups in total. The highest BCUT2D eigenvalue weighted by Crippen LogP contribution is 2.36. The number of carbonyl (C=O) groups excluding carboxylic acids is 2. The van der Waals surface area contributed by atoms with Crippen molar-refractivity contribution in [3.05, 3.63) is 51.5 Å². The van der Waals surface area contributed by atoms with Gasteiger partial charge in [0.1, 0.15) is 0 Å². The van der Waals surface area contributed by atoms with Crippen LogP contribution < -0.4 is 20.2 Å². The summed E-state index contributed by atoms with van der Waals surface area (Å²) in [6, 6.07) is 10.5. The lowest BCUT2D eigenvalue weighted by Crippen LogP contribution is -2.20. The van der Waals surface area contributed by atoms with Crippen molar-refractivity contribution in [3.8, 4) is 11.5 Å². The van der Waals surface area contributed by atoms with Crippen LogP contribution in [0.1, 0.15) is 32.3 Å². The van der Waals surface area contributed by atoms with Crippen molar-refractivity contribution in [2.45, 2.75) is 26.7 Å². The van der Waals surface area contributed by atoms with Gasteiger partial charge in [0.25, 0.3) is 0 Å². The number of rotatable bonds is 10. The van der Waals surface area contributed by atoms with Crippen molar-refractivity contribution < 1.29 is 19.1 Å². The standard InChI is InChI=1S/C21H23BrClN3O4/c1-3-29-18-12-14(11-15(22)21(18)30-4-2)13-24-26-20(28)10-9-19(27)25-17-8-6-5-7-16(17)23/h5-8,11-13H,3-4,9-10H2,1-2H3,(H,25,27)(H,26,28). The molecule has 0 heterocycles. The van der Waals surface area contributed by atoms with Crippen LogP contribution in [0.2, 0.25) is 5.02 Å². The number of nitrogens with zero attached hydrogens (tertiary/aromatic N) is 1. The lowest BCUT2D eigenvalue weighted by atomic mass is 10.2. The number of amides is 2. The Hall–Kier alpha value is -2.58. The quantitative estimate of drug-likeness (QED) is 0.366. The summed E-state index contributed by atoms with van der Waals surface area (Å²) < 4.78 is 11.9. The number of hydrogen-bond acceptors (Lipinski definition) is 5. The van der Waals surface area contributed by atoms with Crippen LogP contribution in [0, 0.1) is 0 Å². The van der Waals surface area contributed by atoms with Crippen molar-refractivity contribution in [2.75, 3.05) is 18.5 Å². The molecule has 30 heavy (non-hydrogen) atoms. The minimum Gasteiger partial charge on any atom is -0.490 e. The fraction of sp³-hybridized carbons (Fsp3) is 0.286. The molecule has 0 radical (unpaired) electrons. The Morgan fingerprint density at radius 3 is 2.50 bits per heavy atom. The molecule has 7 nitrogen and oxygen atoms in total. The van der Waals surface area contributed by atoms with Gasteiger partial charge in [-0.15, -0.1) is 0 Å². The van der Waals surface area contributed by atoms with Gasteiger partial charge in [-0.3, -0.25) is 9.59 Å². The Balaban J connectivity index is 1.88. The van der Waals surface area contributed by atoms with Crippen molar-refractivity contribution in [1.29, 1.82) is 0 Å². The number of hydrogen-bond donors (Lipinski definition) is 2. The average Bonchev–Trinajstić information content (AvgIpc) is 2.71. The summed E-state index contributed by atoms with van der Waals surface area (Å²) in [6.07, 6.45) is 1.49. The van der Waals surface area contributed by atoms with E-state index in [1.807, 2.05) is 13.8 Å². The van der Waals surface area contributed by atoms with Gasteiger partial charge in [0.05, 0.1) is 34.6 Å². The van der Waals surface area contributed by atoms with Crippen LogP contribution in [0.4, 0.5) is 5.69 Å². The Bertz CT molecular complexity index is 921. The number of anilines is 1. The maximum atomic E-state index is 12.0. The number of benzene rings is 2. The van der Waals surface area contributed by atoms with Crippen LogP contribution >= 0.6 is 27.5 Å². The molecule has 0 saturated carbocycles. The largest absolute Gasteiger partial charge is 0.490 e. The minimum absolute atomic E-state index is 0.00913. The maximum absolute atomic E-state index is 12.0. The van der Waals surface area contributed by atoms with Gasteiger partial charge in [-0.05, 0) is 59.6 Å². The molecule has 0 bridgehead atoms. The molecule has 2 aromatic carbocycles. The topological polar surface area (TPSA) is 89.0 Å². The molecule has 0 aliphatic carbocycles. The number of carbonyl (C=O) groups is 2. The zero-order chi connectivity index (χ0) is 21.9. The predicted octanol–water partition coefficient (Wildman–Crippen LogP) is 4.77. The fourth-order valence-electron chi connectivity index (χ4n) is 2.45. The van der Waals surface area contributed by atoms with Crippen molar-refractivity contribution in [1.82, 2.24) is 5.43 Å². The van der Waals surface area contributed by atoms with Crippen LogP contribution in [0.15, 0.2) is 46.0 Å². The Morgan fingerprint density at radius 2 is 1.80 bits per heavy atom. The molecule has 0 aromatic heterocycles. The van der Waals surface area contributed by atoms with Crippen molar-refractivity contribution in [2.24, 2.45) is 5.10 Å². The van der Waals surface area contributed by atoms with E-state index in [9.17, 15) is 9.59 Å². The van der Waals surface area contributed by atoms with Gasteiger partial charge < -0.3 is 14.8 Å². The second-order valence-corrected chi connectivity index (χ2v) is 7.28. The van der Waals surface area contributed by atoms with E-state index >= 15 is 0 Å². The zero-order valence-corrected chi connectivity index (χ0v) is 19.0. The van der Waals surface area contributed by atoms with Crippen LogP contribution in [-0.2, 0) is 9.59 Å². The third-order valence-electron chi connectivity index (χ3n) is 3.75. The second kappa shape index (κ2) is 12.2. The summed E-state index contributed by atoms with van der Waals surface area (Å²) in [7, 11) is 0. The molecule has 0 fully saturated rings. The summed E-state index contributed by atoms with van der Waals surface area (Å²) in [4.78, 5) is 23.9. The van der Waals surface area contributed by atoms with E-state index in [-0.39, 0.29) is 24.7 Å². The highest BCUT2D eigenvalue weighted by Gasteiger charge is 2.12. The normalized spacial score (nSPS) is 10.7. The maximum Gasteiger partial charge on any atom is 0.240 e. The molecule has 160 valence electrons. The number of nitrogens with one attached hydrogen (secondary N) is 2. The monoisotopic (exact) mass is 495 g/mol. The highest BCUT2D eigenvalue weighted by atomic mass is 79.9. The van der Waals surface area contributed by atoms with Gasteiger partial charge >= 0.3 is 0 Å². The first-order chi connectivity index (χ1) is 14.4. The number of ether oxygens (including phenoxy) is 2. The summed E-state index contributed by atoms with van der Waals surface area (Å²) in [5.41, 5.74) is 3.63. The summed E-state index contributed by atoms with van der Waals surface area (Å²) >= 11 is 9.45. The molecule has 0 unspecified atom stereocenters. The highest BCUT2D eigenvalue weighted by molar-refractivity contribution is 9.10. The van der Waals surface area contributed by atoms with Gasteiger partial charge in [0.2, 0.25) is 11.8 Å². The lowest BCUT2D eigenvalue weighted by Gasteiger charge is -2.13. The smallest absolute Gasteiger partial charge is 0.240 e. The molecule has 2 amide bonds. The van der Waals surface area contributed by atoms with E-state index in [4.69, 9.17) is 21.1 Å². The number of halogens is 2. The third-order valence-corrected chi connectivity index (χ3v) is 4.67. The lowest BCUT2D eigenvalue weighted by molar-refractivity contribution is -0.124. The third kappa shape index (κ3) is 7.35. The van der Waals surface area contributed by atoms with E-state index in [0.717, 1.165) is 4.47 Å². The summed E-state index contributed by atoms with van der Waals surface area (Å²) in [6.45, 7) is 4.76.